The maximum absolute atomic E-state index is 6.31. The van der Waals surface area contributed by atoms with Crippen LogP contribution in [0.15, 0.2) is 79.3 Å². The molecule has 1 aliphatic rings. The fourth-order valence-electron chi connectivity index (χ4n) is 4.70. The van der Waals surface area contributed by atoms with Crippen LogP contribution in [0.2, 0.25) is 5.02 Å². The molecule has 1 fully saturated rings. The lowest BCUT2D eigenvalue weighted by molar-refractivity contribution is 0.310. The molecule has 2 atom stereocenters. The van der Waals surface area contributed by atoms with Crippen molar-refractivity contribution in [2.45, 2.75) is 32.5 Å². The van der Waals surface area contributed by atoms with Gasteiger partial charge in [0.1, 0.15) is 0 Å². The molecule has 0 bridgehead atoms. The summed E-state index contributed by atoms with van der Waals surface area (Å²) < 4.78 is 2.25. The van der Waals surface area contributed by atoms with Crippen LogP contribution in [0.25, 0.3) is 5.69 Å². The fraction of sp³-hybridized carbons (Fsp3) is 0.192. The molecule has 0 saturated carbocycles. The highest BCUT2D eigenvalue weighted by Gasteiger charge is 2.41. The summed E-state index contributed by atoms with van der Waals surface area (Å²) in [7, 11) is 0. The van der Waals surface area contributed by atoms with Gasteiger partial charge in [0.2, 0.25) is 0 Å². The molecule has 7 heteroatoms. The molecular weight excluding hydrogens is 450 g/mol. The molecule has 0 aliphatic carbocycles. The van der Waals surface area contributed by atoms with E-state index >= 15 is 0 Å². The highest BCUT2D eigenvalue weighted by atomic mass is 35.5. The van der Waals surface area contributed by atoms with Crippen molar-refractivity contribution in [3.05, 3.63) is 112 Å². The Labute approximate surface area is 204 Å². The average Bonchev–Trinajstić information content (AvgIpc) is 3.30. The number of aromatic nitrogens is 3. The first-order chi connectivity index (χ1) is 16.0. The summed E-state index contributed by atoms with van der Waals surface area (Å²) >= 11 is 12.1. The normalized spacial score (nSPS) is 17.9. The van der Waals surface area contributed by atoms with Crippen molar-refractivity contribution < 1.29 is 0 Å². The zero-order chi connectivity index (χ0) is 22.9. The van der Waals surface area contributed by atoms with Gasteiger partial charge in [0.15, 0.2) is 5.11 Å². The Morgan fingerprint density at radius 1 is 1.00 bits per heavy atom. The van der Waals surface area contributed by atoms with Crippen LogP contribution in [0.4, 0.5) is 0 Å². The number of hydrogen-bond acceptors (Lipinski definition) is 3. The Morgan fingerprint density at radius 3 is 2.55 bits per heavy atom. The minimum atomic E-state index is -0.0613. The number of hydrogen-bond donors (Lipinski definition) is 1. The Kier molecular flexibility index (Phi) is 5.87. The smallest absolute Gasteiger partial charge is 0.170 e. The lowest BCUT2D eigenvalue weighted by atomic mass is 9.96. The average molecular weight is 474 g/mol. The van der Waals surface area contributed by atoms with Crippen LogP contribution in [-0.2, 0) is 6.54 Å². The number of pyridine rings is 2. The molecule has 33 heavy (non-hydrogen) atoms. The third kappa shape index (κ3) is 4.12. The molecule has 1 aliphatic heterocycles. The molecule has 4 aromatic rings. The lowest BCUT2D eigenvalue weighted by Gasteiger charge is -2.28. The summed E-state index contributed by atoms with van der Waals surface area (Å²) in [5.74, 6) is 0. The summed E-state index contributed by atoms with van der Waals surface area (Å²) in [5, 5.41) is 4.98. The summed E-state index contributed by atoms with van der Waals surface area (Å²) in [6.07, 6.45) is 5.47. The number of nitrogens with one attached hydrogen (secondary N) is 1. The monoisotopic (exact) mass is 473 g/mol. The molecule has 1 saturated heterocycles. The molecule has 5 rings (SSSR count). The molecule has 5 nitrogen and oxygen atoms in total. The van der Waals surface area contributed by atoms with Crippen molar-refractivity contribution in [1.82, 2.24) is 24.8 Å². The summed E-state index contributed by atoms with van der Waals surface area (Å²) in [4.78, 5) is 11.1. The van der Waals surface area contributed by atoms with Gasteiger partial charge in [0, 0.05) is 47.2 Å². The Balaban J connectivity index is 1.62. The van der Waals surface area contributed by atoms with E-state index in [1.165, 1.54) is 5.56 Å². The first kappa shape index (κ1) is 21.6. The van der Waals surface area contributed by atoms with Gasteiger partial charge in [0.05, 0.1) is 17.8 Å². The third-order valence-electron chi connectivity index (χ3n) is 6.16. The van der Waals surface area contributed by atoms with Crippen LogP contribution in [0, 0.1) is 13.8 Å². The van der Waals surface area contributed by atoms with E-state index in [4.69, 9.17) is 23.8 Å². The molecule has 0 radical (unpaired) electrons. The van der Waals surface area contributed by atoms with Crippen molar-refractivity contribution >= 4 is 28.9 Å². The van der Waals surface area contributed by atoms with Crippen LogP contribution in [0.3, 0.4) is 0 Å². The highest BCUT2D eigenvalue weighted by Crippen LogP contribution is 2.42. The van der Waals surface area contributed by atoms with E-state index in [1.54, 1.807) is 0 Å². The topological polar surface area (TPSA) is 46.0 Å². The number of aryl methyl sites for hydroxylation is 1. The number of rotatable bonds is 5. The zero-order valence-electron chi connectivity index (χ0n) is 18.4. The molecule has 1 aromatic carbocycles. The second-order valence-corrected chi connectivity index (χ2v) is 9.07. The summed E-state index contributed by atoms with van der Waals surface area (Å²) in [6, 6.07) is 20.2. The van der Waals surface area contributed by atoms with E-state index < -0.39 is 0 Å². The van der Waals surface area contributed by atoms with Crippen molar-refractivity contribution in [3.63, 3.8) is 0 Å². The highest BCUT2D eigenvalue weighted by molar-refractivity contribution is 7.80. The summed E-state index contributed by atoms with van der Waals surface area (Å²) in [5.41, 5.74) is 6.69. The van der Waals surface area contributed by atoms with Gasteiger partial charge in [-0.2, -0.15) is 0 Å². The van der Waals surface area contributed by atoms with Crippen molar-refractivity contribution in [2.24, 2.45) is 0 Å². The summed E-state index contributed by atoms with van der Waals surface area (Å²) in [6.45, 7) is 4.97. The third-order valence-corrected chi connectivity index (χ3v) is 6.74. The van der Waals surface area contributed by atoms with E-state index in [2.05, 4.69) is 56.8 Å². The second-order valence-electron chi connectivity index (χ2n) is 8.25. The molecule has 0 unspecified atom stereocenters. The first-order valence-electron chi connectivity index (χ1n) is 10.8. The van der Waals surface area contributed by atoms with Gasteiger partial charge in [0.25, 0.3) is 0 Å². The number of benzene rings is 1. The lowest BCUT2D eigenvalue weighted by Crippen LogP contribution is -2.29. The van der Waals surface area contributed by atoms with Gasteiger partial charge in [-0.05, 0) is 85.7 Å². The van der Waals surface area contributed by atoms with Crippen molar-refractivity contribution in [1.29, 1.82) is 0 Å². The van der Waals surface area contributed by atoms with Gasteiger partial charge in [-0.3, -0.25) is 9.97 Å². The molecule has 166 valence electrons. The number of thiocarbonyl (C=S) groups is 1. The van der Waals surface area contributed by atoms with Crippen LogP contribution in [0.5, 0.6) is 0 Å². The first-order valence-corrected chi connectivity index (χ1v) is 11.6. The van der Waals surface area contributed by atoms with Gasteiger partial charge in [-0.25, -0.2) is 0 Å². The van der Waals surface area contributed by atoms with Crippen molar-refractivity contribution in [2.75, 3.05) is 0 Å². The van der Waals surface area contributed by atoms with Gasteiger partial charge in [-0.15, -0.1) is 0 Å². The largest absolute Gasteiger partial charge is 0.352 e. The molecule has 4 heterocycles. The maximum Gasteiger partial charge on any atom is 0.170 e. The van der Waals surface area contributed by atoms with Crippen LogP contribution in [0.1, 0.15) is 40.3 Å². The van der Waals surface area contributed by atoms with Gasteiger partial charge >= 0.3 is 0 Å². The molecule has 0 amide bonds. The molecular formula is C26H24ClN5S. The number of nitrogens with zero attached hydrogens (tertiary/aromatic N) is 4. The quantitative estimate of drug-likeness (QED) is 0.376. The number of halogens is 1. The second kappa shape index (κ2) is 8.96. The predicted molar refractivity (Wildman–Crippen MR) is 135 cm³/mol. The molecule has 1 N–H and O–H groups in total. The van der Waals surface area contributed by atoms with Crippen LogP contribution < -0.4 is 5.32 Å². The SMILES string of the molecule is Cc1cc([C@@H]2[C@@H](c3ccccn3)NC(=S)N2Cc2ccncc2)c(C)n1-c1cccc(Cl)c1. The minimum absolute atomic E-state index is 0.0142. The molecule has 3 aromatic heterocycles. The fourth-order valence-corrected chi connectivity index (χ4v) is 5.19. The van der Waals surface area contributed by atoms with Gasteiger partial charge < -0.3 is 14.8 Å². The van der Waals surface area contributed by atoms with E-state index in [0.717, 1.165) is 38.5 Å². The molecule has 0 spiro atoms. The Hall–Kier alpha value is -3.22. The van der Waals surface area contributed by atoms with E-state index in [-0.39, 0.29) is 12.1 Å². The van der Waals surface area contributed by atoms with Gasteiger partial charge in [-0.1, -0.05) is 23.7 Å². The van der Waals surface area contributed by atoms with Crippen molar-refractivity contribution in [3.8, 4) is 5.69 Å². The van der Waals surface area contributed by atoms with Crippen LogP contribution >= 0.6 is 23.8 Å². The van der Waals surface area contributed by atoms with E-state index in [1.807, 2.05) is 61.1 Å². The van der Waals surface area contributed by atoms with E-state index in [9.17, 15) is 0 Å². The maximum atomic E-state index is 6.31. The van der Waals surface area contributed by atoms with Crippen LogP contribution in [-0.4, -0.2) is 24.5 Å². The Bertz CT molecular complexity index is 1290. The predicted octanol–water partition coefficient (Wildman–Crippen LogP) is 5.71. The van der Waals surface area contributed by atoms with E-state index in [0.29, 0.717) is 6.54 Å². The standard InChI is InChI=1S/C26H24ClN5S/c1-17-14-22(18(2)32(17)21-7-5-6-20(27)15-21)25-24(23-8-3-4-11-29-23)30-26(33)31(25)16-19-9-12-28-13-10-19/h3-15,24-25H,16H2,1-2H3,(H,30,33)/t24-,25-/m1/s1. The zero-order valence-corrected chi connectivity index (χ0v) is 20.0. The Morgan fingerprint density at radius 2 is 1.82 bits per heavy atom. The minimum Gasteiger partial charge on any atom is -0.352 e.